The van der Waals surface area contributed by atoms with Crippen molar-refractivity contribution in [2.24, 2.45) is 0 Å². The maximum Gasteiger partial charge on any atom is 0.323 e. The molecule has 0 aromatic carbocycles. The Morgan fingerprint density at radius 3 is 2.79 bits per heavy atom. The monoisotopic (exact) mass is 263 g/mol. The van der Waals surface area contributed by atoms with Crippen LogP contribution in [0.1, 0.15) is 19.4 Å². The van der Waals surface area contributed by atoms with E-state index in [0.717, 1.165) is 5.56 Å². The van der Waals surface area contributed by atoms with Gasteiger partial charge in [-0.2, -0.15) is 15.0 Å². The van der Waals surface area contributed by atoms with E-state index in [9.17, 15) is 0 Å². The predicted molar refractivity (Wildman–Crippen MR) is 70.8 cm³/mol. The number of nitrogens with two attached hydrogens (primary N) is 1. The molecule has 2 aromatic rings. The molecule has 102 valence electrons. The zero-order valence-corrected chi connectivity index (χ0v) is 11.2. The molecule has 0 saturated heterocycles. The Labute approximate surface area is 111 Å². The number of aromatic nitrogens is 3. The minimum absolute atomic E-state index is 0.0196. The van der Waals surface area contributed by atoms with E-state index < -0.39 is 0 Å². The predicted octanol–water partition coefficient (Wildman–Crippen LogP) is 1.47. The highest BCUT2D eigenvalue weighted by molar-refractivity contribution is 5.35. The summed E-state index contributed by atoms with van der Waals surface area (Å²) in [5.41, 5.74) is 6.68. The van der Waals surface area contributed by atoms with Crippen LogP contribution in [0.2, 0.25) is 0 Å². The highest BCUT2D eigenvalue weighted by Gasteiger charge is 2.11. The van der Waals surface area contributed by atoms with E-state index in [2.05, 4.69) is 15.0 Å². The number of furan rings is 1. The lowest BCUT2D eigenvalue weighted by atomic mass is 10.3. The molecule has 2 aromatic heterocycles. The first-order chi connectivity index (χ1) is 9.04. The standard InChI is InChI=1S/C12H17N5O2/c1-8(2)19-12-15-10(13)14-11(16-12)17(3)6-9-4-5-18-7-9/h4-5,7-8H,6H2,1-3H3,(H2,13,14,15,16). The van der Waals surface area contributed by atoms with Crippen LogP contribution in [0.3, 0.4) is 0 Å². The van der Waals surface area contributed by atoms with Crippen LogP contribution in [0.4, 0.5) is 11.9 Å². The van der Waals surface area contributed by atoms with Crippen molar-refractivity contribution < 1.29 is 9.15 Å². The van der Waals surface area contributed by atoms with E-state index in [1.54, 1.807) is 12.5 Å². The van der Waals surface area contributed by atoms with Gasteiger partial charge in [0.1, 0.15) is 0 Å². The van der Waals surface area contributed by atoms with Gasteiger partial charge in [-0.1, -0.05) is 0 Å². The van der Waals surface area contributed by atoms with Gasteiger partial charge in [0.25, 0.3) is 0 Å². The average Bonchev–Trinajstić information content (AvgIpc) is 2.80. The summed E-state index contributed by atoms with van der Waals surface area (Å²) in [5, 5.41) is 0. The maximum atomic E-state index is 5.66. The Hall–Kier alpha value is -2.31. The molecule has 7 heteroatoms. The maximum absolute atomic E-state index is 5.66. The van der Waals surface area contributed by atoms with E-state index in [0.29, 0.717) is 12.5 Å². The molecule has 0 saturated carbocycles. The molecule has 0 fully saturated rings. The van der Waals surface area contributed by atoms with Crippen LogP contribution in [0.15, 0.2) is 23.0 Å². The summed E-state index contributed by atoms with van der Waals surface area (Å²) in [6, 6.07) is 2.11. The minimum atomic E-state index is -0.0196. The Morgan fingerprint density at radius 1 is 1.37 bits per heavy atom. The summed E-state index contributed by atoms with van der Waals surface area (Å²) >= 11 is 0. The summed E-state index contributed by atoms with van der Waals surface area (Å²) in [7, 11) is 1.86. The zero-order chi connectivity index (χ0) is 13.8. The Kier molecular flexibility index (Phi) is 3.84. The summed E-state index contributed by atoms with van der Waals surface area (Å²) < 4.78 is 10.5. The molecule has 0 amide bonds. The lowest BCUT2D eigenvalue weighted by molar-refractivity contribution is 0.222. The second-order valence-electron chi connectivity index (χ2n) is 4.43. The minimum Gasteiger partial charge on any atom is -0.472 e. The van der Waals surface area contributed by atoms with Gasteiger partial charge in [0.15, 0.2) is 0 Å². The lowest BCUT2D eigenvalue weighted by Gasteiger charge is -2.17. The third-order valence-corrected chi connectivity index (χ3v) is 2.30. The van der Waals surface area contributed by atoms with Crippen molar-refractivity contribution in [3.05, 3.63) is 24.2 Å². The summed E-state index contributed by atoms with van der Waals surface area (Å²) in [6.07, 6.45) is 3.28. The highest BCUT2D eigenvalue weighted by atomic mass is 16.5. The largest absolute Gasteiger partial charge is 0.472 e. The number of anilines is 2. The van der Waals surface area contributed by atoms with Gasteiger partial charge in [-0.15, -0.1) is 0 Å². The molecule has 19 heavy (non-hydrogen) atoms. The van der Waals surface area contributed by atoms with E-state index in [1.165, 1.54) is 0 Å². The zero-order valence-electron chi connectivity index (χ0n) is 11.2. The van der Waals surface area contributed by atoms with Crippen LogP contribution in [-0.2, 0) is 6.54 Å². The Morgan fingerprint density at radius 2 is 2.16 bits per heavy atom. The fraction of sp³-hybridized carbons (Fsp3) is 0.417. The van der Waals surface area contributed by atoms with Crippen molar-refractivity contribution in [2.75, 3.05) is 17.7 Å². The second kappa shape index (κ2) is 5.55. The summed E-state index contributed by atoms with van der Waals surface area (Å²) in [4.78, 5) is 14.1. The molecule has 0 atom stereocenters. The average molecular weight is 263 g/mol. The number of hydrogen-bond donors (Lipinski definition) is 1. The number of rotatable bonds is 5. The first kappa shape index (κ1) is 13.1. The van der Waals surface area contributed by atoms with Gasteiger partial charge >= 0.3 is 6.01 Å². The van der Waals surface area contributed by atoms with Crippen molar-refractivity contribution in [3.63, 3.8) is 0 Å². The topological polar surface area (TPSA) is 90.3 Å². The SMILES string of the molecule is CC(C)Oc1nc(N)nc(N(C)Cc2ccoc2)n1. The van der Waals surface area contributed by atoms with Crippen LogP contribution >= 0.6 is 0 Å². The molecular formula is C12H17N5O2. The first-order valence-corrected chi connectivity index (χ1v) is 5.95. The van der Waals surface area contributed by atoms with Gasteiger partial charge in [-0.3, -0.25) is 0 Å². The molecule has 0 spiro atoms. The van der Waals surface area contributed by atoms with Gasteiger partial charge in [0.2, 0.25) is 11.9 Å². The van der Waals surface area contributed by atoms with Crippen LogP contribution in [0.25, 0.3) is 0 Å². The van der Waals surface area contributed by atoms with E-state index in [1.807, 2.05) is 31.9 Å². The molecule has 0 unspecified atom stereocenters. The molecule has 0 aliphatic heterocycles. The second-order valence-corrected chi connectivity index (χ2v) is 4.43. The highest BCUT2D eigenvalue weighted by Crippen LogP contribution is 2.15. The Balaban J connectivity index is 2.16. The van der Waals surface area contributed by atoms with Gasteiger partial charge in [-0.05, 0) is 19.9 Å². The van der Waals surface area contributed by atoms with Gasteiger partial charge in [0.05, 0.1) is 18.6 Å². The summed E-state index contributed by atoms with van der Waals surface area (Å²) in [5.74, 6) is 0.601. The number of nitrogen functional groups attached to an aromatic ring is 1. The fourth-order valence-electron chi connectivity index (χ4n) is 1.52. The van der Waals surface area contributed by atoms with Crippen molar-refractivity contribution in [1.29, 1.82) is 0 Å². The van der Waals surface area contributed by atoms with Crippen molar-refractivity contribution >= 4 is 11.9 Å². The fourth-order valence-corrected chi connectivity index (χ4v) is 1.52. The number of nitrogens with zero attached hydrogens (tertiary/aromatic N) is 4. The lowest BCUT2D eigenvalue weighted by Crippen LogP contribution is -2.21. The van der Waals surface area contributed by atoms with Crippen LogP contribution < -0.4 is 15.4 Å². The molecule has 0 radical (unpaired) electrons. The van der Waals surface area contributed by atoms with Crippen LogP contribution in [0.5, 0.6) is 6.01 Å². The van der Waals surface area contributed by atoms with Gasteiger partial charge in [-0.25, -0.2) is 0 Å². The van der Waals surface area contributed by atoms with E-state index in [4.69, 9.17) is 14.9 Å². The first-order valence-electron chi connectivity index (χ1n) is 5.95. The quantitative estimate of drug-likeness (QED) is 0.873. The van der Waals surface area contributed by atoms with Crippen LogP contribution in [0, 0.1) is 0 Å². The molecule has 7 nitrogen and oxygen atoms in total. The van der Waals surface area contributed by atoms with Gasteiger partial charge < -0.3 is 19.8 Å². The molecule has 2 N–H and O–H groups in total. The third kappa shape index (κ3) is 3.57. The van der Waals surface area contributed by atoms with Crippen molar-refractivity contribution in [1.82, 2.24) is 15.0 Å². The third-order valence-electron chi connectivity index (χ3n) is 2.30. The molecule has 0 aliphatic carbocycles. The van der Waals surface area contributed by atoms with E-state index >= 15 is 0 Å². The molecule has 0 bridgehead atoms. The Bertz CT molecular complexity index is 527. The van der Waals surface area contributed by atoms with Gasteiger partial charge in [0, 0.05) is 19.2 Å². The summed E-state index contributed by atoms with van der Waals surface area (Å²) in [6.45, 7) is 4.41. The molecule has 0 aliphatic rings. The van der Waals surface area contributed by atoms with E-state index in [-0.39, 0.29) is 18.1 Å². The van der Waals surface area contributed by atoms with Crippen LogP contribution in [-0.4, -0.2) is 28.1 Å². The number of ether oxygens (including phenoxy) is 1. The molecule has 2 heterocycles. The molecule has 2 rings (SSSR count). The normalized spacial score (nSPS) is 10.7. The van der Waals surface area contributed by atoms with Crippen molar-refractivity contribution in [2.45, 2.75) is 26.5 Å². The number of hydrogen-bond acceptors (Lipinski definition) is 7. The molecular weight excluding hydrogens is 246 g/mol. The van der Waals surface area contributed by atoms with Crippen molar-refractivity contribution in [3.8, 4) is 6.01 Å². The smallest absolute Gasteiger partial charge is 0.323 e.